The highest BCUT2D eigenvalue weighted by Crippen LogP contribution is 2.35. The van der Waals surface area contributed by atoms with Crippen LogP contribution in [0.3, 0.4) is 0 Å². The van der Waals surface area contributed by atoms with Gasteiger partial charge in [-0.15, -0.1) is 0 Å². The number of fused-ring (bicyclic) bond motifs is 1. The summed E-state index contributed by atoms with van der Waals surface area (Å²) in [5.74, 6) is -2.53. The van der Waals surface area contributed by atoms with Crippen LogP contribution in [0.1, 0.15) is 45.5 Å². The minimum atomic E-state index is -0.671. The Hall–Kier alpha value is -4.07. The summed E-state index contributed by atoms with van der Waals surface area (Å²) in [6, 6.07) is 12.9. The molecule has 1 saturated heterocycles. The van der Waals surface area contributed by atoms with Gasteiger partial charge in [0.1, 0.15) is 5.75 Å². The van der Waals surface area contributed by atoms with Gasteiger partial charge in [0.15, 0.2) is 12.4 Å². The quantitative estimate of drug-likeness (QED) is 0.190. The van der Waals surface area contributed by atoms with Crippen molar-refractivity contribution in [3.05, 3.63) is 77.4 Å². The average molecular weight is 475 g/mol. The van der Waals surface area contributed by atoms with Crippen molar-refractivity contribution in [2.24, 2.45) is 11.8 Å². The van der Waals surface area contributed by atoms with E-state index in [1.54, 1.807) is 12.1 Å². The number of hydrogen-bond donors (Lipinski definition) is 0. The number of rotatable bonds is 8. The first-order valence-electron chi connectivity index (χ1n) is 11.4. The van der Waals surface area contributed by atoms with Crippen molar-refractivity contribution in [1.82, 2.24) is 4.90 Å². The summed E-state index contributed by atoms with van der Waals surface area (Å²) in [5, 5.41) is 0. The summed E-state index contributed by atoms with van der Waals surface area (Å²) in [4.78, 5) is 62.7. The van der Waals surface area contributed by atoms with Gasteiger partial charge in [-0.2, -0.15) is 0 Å². The highest BCUT2D eigenvalue weighted by Gasteiger charge is 2.46. The number of carbonyl (C=O) groups excluding carboxylic acids is 5. The highest BCUT2D eigenvalue weighted by atomic mass is 16.5. The molecule has 1 aliphatic heterocycles. The first kappa shape index (κ1) is 24.1. The molecule has 0 spiro atoms. The third-order valence-corrected chi connectivity index (χ3v) is 6.18. The number of amides is 2. The molecule has 35 heavy (non-hydrogen) atoms. The molecule has 0 radical (unpaired) electrons. The molecule has 0 saturated carbocycles. The Balaban J connectivity index is 1.23. The lowest BCUT2D eigenvalue weighted by molar-refractivity contribution is -0.145. The SMILES string of the molecule is Cc1ccc(C(=O)Oc2ccc(C(=O)COC(=O)CCN3C(=O)C4CC=CCC4C3=O)cc2)cc1. The van der Waals surface area contributed by atoms with E-state index in [0.29, 0.717) is 18.4 Å². The van der Waals surface area contributed by atoms with Crippen molar-refractivity contribution in [2.75, 3.05) is 13.2 Å². The van der Waals surface area contributed by atoms with Gasteiger partial charge in [-0.25, -0.2) is 4.79 Å². The van der Waals surface area contributed by atoms with E-state index in [4.69, 9.17) is 9.47 Å². The molecule has 8 heteroatoms. The number of esters is 2. The fraction of sp³-hybridized carbons (Fsp3) is 0.296. The van der Waals surface area contributed by atoms with E-state index in [-0.39, 0.29) is 47.9 Å². The lowest BCUT2D eigenvalue weighted by Crippen LogP contribution is -2.33. The molecule has 1 aliphatic carbocycles. The second-order valence-electron chi connectivity index (χ2n) is 8.60. The minimum Gasteiger partial charge on any atom is -0.457 e. The van der Waals surface area contributed by atoms with E-state index in [9.17, 15) is 24.0 Å². The molecule has 8 nitrogen and oxygen atoms in total. The van der Waals surface area contributed by atoms with E-state index in [1.807, 2.05) is 31.2 Å². The molecule has 2 unspecified atom stereocenters. The number of ketones is 1. The number of nitrogens with zero attached hydrogens (tertiary/aromatic N) is 1. The van der Waals surface area contributed by atoms with Crippen molar-refractivity contribution in [3.63, 3.8) is 0 Å². The number of imide groups is 1. The number of aryl methyl sites for hydroxylation is 1. The van der Waals surface area contributed by atoms with Crippen molar-refractivity contribution in [2.45, 2.75) is 26.2 Å². The highest BCUT2D eigenvalue weighted by molar-refractivity contribution is 6.05. The van der Waals surface area contributed by atoms with Crippen LogP contribution < -0.4 is 4.74 Å². The van der Waals surface area contributed by atoms with Gasteiger partial charge in [0, 0.05) is 12.1 Å². The molecule has 2 atom stereocenters. The van der Waals surface area contributed by atoms with Crippen LogP contribution in [0, 0.1) is 18.8 Å². The van der Waals surface area contributed by atoms with Crippen LogP contribution in [-0.4, -0.2) is 47.6 Å². The van der Waals surface area contributed by atoms with Gasteiger partial charge in [-0.1, -0.05) is 29.8 Å². The van der Waals surface area contributed by atoms with Crippen molar-refractivity contribution in [3.8, 4) is 5.75 Å². The number of likely N-dealkylation sites (tertiary alicyclic amines) is 1. The first-order valence-corrected chi connectivity index (χ1v) is 11.4. The molecular formula is C27H25NO7. The van der Waals surface area contributed by atoms with Crippen LogP contribution in [0.2, 0.25) is 0 Å². The van der Waals surface area contributed by atoms with Gasteiger partial charge >= 0.3 is 11.9 Å². The van der Waals surface area contributed by atoms with Gasteiger partial charge in [-0.3, -0.25) is 24.1 Å². The van der Waals surface area contributed by atoms with Crippen LogP contribution in [0.15, 0.2) is 60.7 Å². The van der Waals surface area contributed by atoms with E-state index in [1.165, 1.54) is 24.3 Å². The maximum absolute atomic E-state index is 12.4. The fourth-order valence-electron chi connectivity index (χ4n) is 4.16. The predicted octanol–water partition coefficient (Wildman–Crippen LogP) is 3.28. The Kier molecular flexibility index (Phi) is 7.19. The lowest BCUT2D eigenvalue weighted by Gasteiger charge is -2.14. The fourth-order valence-corrected chi connectivity index (χ4v) is 4.16. The molecule has 180 valence electrons. The third-order valence-electron chi connectivity index (χ3n) is 6.18. The van der Waals surface area contributed by atoms with Crippen molar-refractivity contribution in [1.29, 1.82) is 0 Å². The summed E-state index contributed by atoms with van der Waals surface area (Å²) in [6.07, 6.45) is 4.70. The monoisotopic (exact) mass is 475 g/mol. The molecule has 1 fully saturated rings. The average Bonchev–Trinajstić information content (AvgIpc) is 3.11. The smallest absolute Gasteiger partial charge is 0.343 e. The van der Waals surface area contributed by atoms with Crippen LogP contribution >= 0.6 is 0 Å². The number of carbonyl (C=O) groups is 5. The van der Waals surface area contributed by atoms with Crippen LogP contribution in [0.5, 0.6) is 5.75 Å². The number of hydrogen-bond acceptors (Lipinski definition) is 7. The van der Waals surface area contributed by atoms with Crippen molar-refractivity contribution >= 4 is 29.5 Å². The van der Waals surface area contributed by atoms with E-state index >= 15 is 0 Å². The molecular weight excluding hydrogens is 450 g/mol. The Morgan fingerprint density at radius 3 is 2.03 bits per heavy atom. The first-order chi connectivity index (χ1) is 16.8. The summed E-state index contributed by atoms with van der Waals surface area (Å²) < 4.78 is 10.3. The van der Waals surface area contributed by atoms with Crippen LogP contribution in [0.25, 0.3) is 0 Å². The molecule has 2 aromatic carbocycles. The zero-order valence-electron chi connectivity index (χ0n) is 19.3. The molecule has 2 amide bonds. The molecule has 0 bridgehead atoms. The number of Topliss-reactive ketones (excluding diaryl/α,β-unsaturated/α-hetero) is 1. The van der Waals surface area contributed by atoms with E-state index in [0.717, 1.165) is 10.5 Å². The summed E-state index contributed by atoms with van der Waals surface area (Å²) in [7, 11) is 0. The van der Waals surface area contributed by atoms with Gasteiger partial charge in [-0.05, 0) is 56.2 Å². The van der Waals surface area contributed by atoms with Gasteiger partial charge in [0.05, 0.1) is 23.8 Å². The van der Waals surface area contributed by atoms with Gasteiger partial charge < -0.3 is 9.47 Å². The largest absolute Gasteiger partial charge is 0.457 e. The second kappa shape index (κ2) is 10.5. The molecule has 2 aromatic rings. The Morgan fingerprint density at radius 2 is 1.43 bits per heavy atom. The third kappa shape index (κ3) is 5.54. The van der Waals surface area contributed by atoms with E-state index in [2.05, 4.69) is 0 Å². The van der Waals surface area contributed by atoms with Crippen molar-refractivity contribution < 1.29 is 33.4 Å². The molecule has 4 rings (SSSR count). The lowest BCUT2D eigenvalue weighted by atomic mass is 9.85. The van der Waals surface area contributed by atoms with Gasteiger partial charge in [0.25, 0.3) is 0 Å². The zero-order chi connectivity index (χ0) is 24.9. The summed E-state index contributed by atoms with van der Waals surface area (Å²) >= 11 is 0. The zero-order valence-corrected chi connectivity index (χ0v) is 19.3. The summed E-state index contributed by atoms with van der Waals surface area (Å²) in [6.45, 7) is 1.39. The Bertz CT molecular complexity index is 1160. The van der Waals surface area contributed by atoms with Gasteiger partial charge in [0.2, 0.25) is 11.8 Å². The van der Waals surface area contributed by atoms with Crippen LogP contribution in [0.4, 0.5) is 0 Å². The molecule has 2 aliphatic rings. The maximum Gasteiger partial charge on any atom is 0.343 e. The minimum absolute atomic E-state index is 0.0568. The number of allylic oxidation sites excluding steroid dienone is 2. The van der Waals surface area contributed by atoms with Crippen LogP contribution in [-0.2, 0) is 19.1 Å². The Morgan fingerprint density at radius 1 is 0.857 bits per heavy atom. The number of benzene rings is 2. The number of ether oxygens (including phenoxy) is 2. The molecule has 0 aromatic heterocycles. The predicted molar refractivity (Wildman–Crippen MR) is 125 cm³/mol. The molecule has 1 heterocycles. The molecule has 0 N–H and O–H groups in total. The Labute approximate surface area is 202 Å². The topological polar surface area (TPSA) is 107 Å². The normalized spacial score (nSPS) is 18.8. The van der Waals surface area contributed by atoms with E-state index < -0.39 is 24.3 Å². The second-order valence-corrected chi connectivity index (χ2v) is 8.60. The standard InChI is InChI=1S/C27H25NO7/c1-17-6-8-19(9-7-17)27(33)35-20-12-10-18(11-13-20)23(29)16-34-24(30)14-15-28-25(31)21-4-2-3-5-22(21)26(28)32/h2-3,6-13,21-22H,4-5,14-16H2,1H3. The summed E-state index contributed by atoms with van der Waals surface area (Å²) in [5.41, 5.74) is 1.73. The maximum atomic E-state index is 12.4.